The van der Waals surface area contributed by atoms with Crippen molar-refractivity contribution in [2.45, 2.75) is 6.04 Å². The van der Waals surface area contributed by atoms with Gasteiger partial charge >= 0.3 is 6.03 Å². The minimum atomic E-state index is -0.668. The zero-order valence-electron chi connectivity index (χ0n) is 13.1. The number of urea groups is 1. The van der Waals surface area contributed by atoms with Gasteiger partial charge in [-0.1, -0.05) is 18.2 Å². The van der Waals surface area contributed by atoms with Gasteiger partial charge in [-0.3, -0.25) is 14.5 Å². The number of aliphatic hydroxyl groups excluding tert-OH is 1. The zero-order valence-corrected chi connectivity index (χ0v) is 13.1. The van der Waals surface area contributed by atoms with Crippen LogP contribution in [0.15, 0.2) is 30.3 Å². The number of amides is 4. The molecule has 0 bridgehead atoms. The van der Waals surface area contributed by atoms with Crippen molar-refractivity contribution >= 4 is 17.8 Å². The molecule has 1 aromatic rings. The second-order valence-electron chi connectivity index (χ2n) is 5.65. The van der Waals surface area contributed by atoms with Crippen molar-refractivity contribution in [3.8, 4) is 5.75 Å². The van der Waals surface area contributed by atoms with Crippen LogP contribution < -0.4 is 4.74 Å². The van der Waals surface area contributed by atoms with Crippen LogP contribution in [-0.2, 0) is 9.59 Å². The zero-order chi connectivity index (χ0) is 17.1. The summed E-state index contributed by atoms with van der Waals surface area (Å²) in [6.07, 6.45) is 0. The van der Waals surface area contributed by atoms with Crippen LogP contribution in [0.5, 0.6) is 5.75 Å². The molecule has 0 aromatic heterocycles. The SMILES string of the molecule is O=C(COc1ccccc1)N1CCN2C(=O)N(CCO)C(=O)[C@H]2C1. The Kier molecular flexibility index (Phi) is 4.66. The number of aliphatic hydroxyl groups is 1. The predicted octanol–water partition coefficient (Wildman–Crippen LogP) is -0.467. The molecule has 2 aliphatic heterocycles. The number of nitrogens with zero attached hydrogens (tertiary/aromatic N) is 3. The van der Waals surface area contributed by atoms with Gasteiger partial charge < -0.3 is 19.6 Å². The van der Waals surface area contributed by atoms with Gasteiger partial charge in [0, 0.05) is 13.1 Å². The van der Waals surface area contributed by atoms with Crippen molar-refractivity contribution in [2.24, 2.45) is 0 Å². The van der Waals surface area contributed by atoms with E-state index in [1.165, 1.54) is 9.80 Å². The van der Waals surface area contributed by atoms with E-state index in [-0.39, 0.29) is 38.1 Å². The summed E-state index contributed by atoms with van der Waals surface area (Å²) in [7, 11) is 0. The molecule has 0 unspecified atom stereocenters. The van der Waals surface area contributed by atoms with E-state index in [9.17, 15) is 14.4 Å². The summed E-state index contributed by atoms with van der Waals surface area (Å²) in [6.45, 7) is 0.414. The highest BCUT2D eigenvalue weighted by molar-refractivity contribution is 6.04. The number of carbonyl (C=O) groups excluding carboxylic acids is 3. The van der Waals surface area contributed by atoms with Gasteiger partial charge in [-0.05, 0) is 12.1 Å². The quantitative estimate of drug-likeness (QED) is 0.736. The largest absolute Gasteiger partial charge is 0.484 e. The van der Waals surface area contributed by atoms with Crippen molar-refractivity contribution in [3.63, 3.8) is 0 Å². The molecule has 24 heavy (non-hydrogen) atoms. The molecule has 1 aromatic carbocycles. The molecule has 2 aliphatic rings. The molecule has 2 saturated heterocycles. The molecule has 0 radical (unpaired) electrons. The van der Waals surface area contributed by atoms with Gasteiger partial charge in [-0.25, -0.2) is 4.79 Å². The Morgan fingerprint density at radius 3 is 2.67 bits per heavy atom. The maximum Gasteiger partial charge on any atom is 0.327 e. The minimum Gasteiger partial charge on any atom is -0.484 e. The second-order valence-corrected chi connectivity index (χ2v) is 5.65. The van der Waals surface area contributed by atoms with Gasteiger partial charge in [0.1, 0.15) is 11.8 Å². The highest BCUT2D eigenvalue weighted by atomic mass is 16.5. The average Bonchev–Trinajstić information content (AvgIpc) is 2.85. The summed E-state index contributed by atoms with van der Waals surface area (Å²) in [5, 5.41) is 8.97. The third-order valence-electron chi connectivity index (χ3n) is 4.19. The van der Waals surface area contributed by atoms with Crippen molar-refractivity contribution in [1.29, 1.82) is 0 Å². The van der Waals surface area contributed by atoms with Crippen molar-refractivity contribution < 1.29 is 24.2 Å². The van der Waals surface area contributed by atoms with Crippen LogP contribution in [0.2, 0.25) is 0 Å². The number of fused-ring (bicyclic) bond motifs is 1. The topological polar surface area (TPSA) is 90.4 Å². The molecule has 8 nitrogen and oxygen atoms in total. The molecule has 0 saturated carbocycles. The van der Waals surface area contributed by atoms with E-state index in [0.717, 1.165) is 4.90 Å². The number of imide groups is 1. The molecular weight excluding hydrogens is 314 g/mol. The number of β-amino-alcohol motifs (C(OH)–C–C–N with tert-alkyl or cyclic N) is 1. The smallest absolute Gasteiger partial charge is 0.327 e. The Hall–Kier alpha value is -2.61. The summed E-state index contributed by atoms with van der Waals surface area (Å²) in [5.41, 5.74) is 0. The molecule has 1 atom stereocenters. The number of carbonyl (C=O) groups is 3. The van der Waals surface area contributed by atoms with Crippen LogP contribution in [0, 0.1) is 0 Å². The molecule has 1 N–H and O–H groups in total. The lowest BCUT2D eigenvalue weighted by Crippen LogP contribution is -2.55. The number of rotatable bonds is 5. The van der Waals surface area contributed by atoms with Crippen LogP contribution in [0.25, 0.3) is 0 Å². The Morgan fingerprint density at radius 1 is 1.21 bits per heavy atom. The maximum atomic E-state index is 12.3. The molecular formula is C16H19N3O5. The van der Waals surface area contributed by atoms with Crippen LogP contribution in [0.1, 0.15) is 0 Å². The lowest BCUT2D eigenvalue weighted by Gasteiger charge is -2.35. The Bertz CT molecular complexity index is 636. The van der Waals surface area contributed by atoms with Crippen molar-refractivity contribution in [3.05, 3.63) is 30.3 Å². The third-order valence-corrected chi connectivity index (χ3v) is 4.19. The fourth-order valence-electron chi connectivity index (χ4n) is 2.94. The second kappa shape index (κ2) is 6.88. The van der Waals surface area contributed by atoms with Crippen molar-refractivity contribution in [2.75, 3.05) is 39.4 Å². The van der Waals surface area contributed by atoms with Gasteiger partial charge in [-0.2, -0.15) is 0 Å². The number of benzene rings is 1. The maximum absolute atomic E-state index is 12.3. The fourth-order valence-corrected chi connectivity index (χ4v) is 2.94. The summed E-state index contributed by atoms with van der Waals surface area (Å²) >= 11 is 0. The molecule has 0 spiro atoms. The van der Waals surface area contributed by atoms with Gasteiger partial charge in [0.25, 0.3) is 11.8 Å². The number of piperazine rings is 1. The van der Waals surface area contributed by atoms with E-state index in [1.807, 2.05) is 18.2 Å². The van der Waals surface area contributed by atoms with Crippen LogP contribution in [0.3, 0.4) is 0 Å². The van der Waals surface area contributed by atoms with Crippen LogP contribution >= 0.6 is 0 Å². The summed E-state index contributed by atoms with van der Waals surface area (Å²) < 4.78 is 5.44. The van der Waals surface area contributed by atoms with Crippen LogP contribution in [-0.4, -0.2) is 83.1 Å². The van der Waals surface area contributed by atoms with E-state index in [0.29, 0.717) is 18.8 Å². The Labute approximate surface area is 139 Å². The Morgan fingerprint density at radius 2 is 1.96 bits per heavy atom. The van der Waals surface area contributed by atoms with Gasteiger partial charge in [0.2, 0.25) is 0 Å². The van der Waals surface area contributed by atoms with E-state index in [1.54, 1.807) is 12.1 Å². The Balaban J connectivity index is 1.59. The molecule has 4 amide bonds. The van der Waals surface area contributed by atoms with Gasteiger partial charge in [0.15, 0.2) is 6.61 Å². The number of hydrogen-bond acceptors (Lipinski definition) is 5. The van der Waals surface area contributed by atoms with Gasteiger partial charge in [0.05, 0.1) is 19.7 Å². The molecule has 2 fully saturated rings. The summed E-state index contributed by atoms with van der Waals surface area (Å²) in [6, 6.07) is 7.95. The molecule has 128 valence electrons. The van der Waals surface area contributed by atoms with Crippen LogP contribution in [0.4, 0.5) is 4.79 Å². The molecule has 0 aliphatic carbocycles. The lowest BCUT2D eigenvalue weighted by molar-refractivity contribution is -0.138. The minimum absolute atomic E-state index is 0.0181. The normalized spacial score (nSPS) is 20.4. The van der Waals surface area contributed by atoms with E-state index < -0.39 is 12.1 Å². The lowest BCUT2D eigenvalue weighted by atomic mass is 10.2. The van der Waals surface area contributed by atoms with E-state index in [4.69, 9.17) is 9.84 Å². The standard InChI is InChI=1S/C16H19N3O5/c20-9-8-19-15(22)13-10-17(6-7-18(13)16(19)23)14(21)11-24-12-4-2-1-3-5-12/h1-5,13,20H,6-11H2/t13-/m1/s1. The first-order chi connectivity index (χ1) is 11.6. The fraction of sp³-hybridized carbons (Fsp3) is 0.438. The predicted molar refractivity (Wildman–Crippen MR) is 83.2 cm³/mol. The highest BCUT2D eigenvalue weighted by Crippen LogP contribution is 2.22. The molecule has 8 heteroatoms. The van der Waals surface area contributed by atoms with E-state index >= 15 is 0 Å². The molecule has 2 heterocycles. The number of ether oxygens (including phenoxy) is 1. The highest BCUT2D eigenvalue weighted by Gasteiger charge is 2.47. The first-order valence-corrected chi connectivity index (χ1v) is 7.80. The van der Waals surface area contributed by atoms with Gasteiger partial charge in [-0.15, -0.1) is 0 Å². The number of hydrogen-bond donors (Lipinski definition) is 1. The number of para-hydroxylation sites is 1. The summed E-state index contributed by atoms with van der Waals surface area (Å²) in [5.74, 6) is 0.0145. The van der Waals surface area contributed by atoms with Crippen molar-refractivity contribution in [1.82, 2.24) is 14.7 Å². The average molecular weight is 333 g/mol. The first kappa shape index (κ1) is 16.3. The summed E-state index contributed by atoms with van der Waals surface area (Å²) in [4.78, 5) is 40.7. The first-order valence-electron chi connectivity index (χ1n) is 7.80. The third kappa shape index (κ3) is 3.05. The van der Waals surface area contributed by atoms with E-state index in [2.05, 4.69) is 0 Å². The monoisotopic (exact) mass is 333 g/mol. The molecule has 3 rings (SSSR count).